The van der Waals surface area contributed by atoms with Crippen molar-refractivity contribution in [3.63, 3.8) is 0 Å². The lowest BCUT2D eigenvalue weighted by Gasteiger charge is -2.17. The molecule has 1 aliphatic rings. The average Bonchev–Trinajstić information content (AvgIpc) is 2.77. The summed E-state index contributed by atoms with van der Waals surface area (Å²) in [7, 11) is 0. The highest BCUT2D eigenvalue weighted by molar-refractivity contribution is 5.23. The predicted molar refractivity (Wildman–Crippen MR) is 69.4 cm³/mol. The zero-order valence-electron chi connectivity index (χ0n) is 10.3. The normalized spacial score (nSPS) is 24.9. The van der Waals surface area contributed by atoms with Gasteiger partial charge >= 0.3 is 0 Å². The molecule has 16 heavy (non-hydrogen) atoms. The Morgan fingerprint density at radius 2 is 1.69 bits per heavy atom. The molecule has 1 nitrogen and oxygen atoms in total. The van der Waals surface area contributed by atoms with Crippen molar-refractivity contribution < 1.29 is 0 Å². The highest BCUT2D eigenvalue weighted by Crippen LogP contribution is 2.33. The Kier molecular flexibility index (Phi) is 4.00. The number of benzene rings is 1. The van der Waals surface area contributed by atoms with Crippen molar-refractivity contribution in [1.29, 1.82) is 0 Å². The van der Waals surface area contributed by atoms with Gasteiger partial charge in [-0.25, -0.2) is 0 Å². The summed E-state index contributed by atoms with van der Waals surface area (Å²) in [6.07, 6.45) is 6.45. The summed E-state index contributed by atoms with van der Waals surface area (Å²) in [5.74, 6) is 1.60. The maximum atomic E-state index is 5.82. The molecule has 2 unspecified atom stereocenters. The van der Waals surface area contributed by atoms with E-state index in [1.807, 2.05) is 0 Å². The molecule has 0 spiro atoms. The van der Waals surface area contributed by atoms with Crippen LogP contribution >= 0.6 is 0 Å². The second kappa shape index (κ2) is 5.49. The Bertz CT molecular complexity index is 315. The fourth-order valence-corrected chi connectivity index (χ4v) is 2.91. The highest BCUT2D eigenvalue weighted by Gasteiger charge is 2.25. The van der Waals surface area contributed by atoms with Gasteiger partial charge in [0.25, 0.3) is 0 Å². The van der Waals surface area contributed by atoms with Crippen LogP contribution in [0.25, 0.3) is 0 Å². The van der Waals surface area contributed by atoms with Crippen LogP contribution in [0.15, 0.2) is 24.3 Å². The van der Waals surface area contributed by atoms with Gasteiger partial charge < -0.3 is 5.73 Å². The summed E-state index contributed by atoms with van der Waals surface area (Å²) in [5.41, 5.74) is 8.75. The van der Waals surface area contributed by atoms with Crippen molar-refractivity contribution in [2.24, 2.45) is 17.6 Å². The van der Waals surface area contributed by atoms with E-state index in [-0.39, 0.29) is 0 Å². The summed E-state index contributed by atoms with van der Waals surface area (Å²) >= 11 is 0. The first-order valence-corrected chi connectivity index (χ1v) is 6.61. The summed E-state index contributed by atoms with van der Waals surface area (Å²) in [4.78, 5) is 0. The van der Waals surface area contributed by atoms with E-state index in [1.165, 1.54) is 36.8 Å². The van der Waals surface area contributed by atoms with Gasteiger partial charge in [0.2, 0.25) is 0 Å². The molecule has 1 aliphatic carbocycles. The number of nitrogens with two attached hydrogens (primary N) is 1. The van der Waals surface area contributed by atoms with Crippen molar-refractivity contribution in [3.05, 3.63) is 35.4 Å². The molecule has 0 radical (unpaired) electrons. The summed E-state index contributed by atoms with van der Waals surface area (Å²) in [6, 6.07) is 9.12. The monoisotopic (exact) mass is 217 g/mol. The maximum absolute atomic E-state index is 5.82. The first kappa shape index (κ1) is 11.7. The SMILES string of the molecule is CCc1ccc(CC2CCCC2CN)cc1. The largest absolute Gasteiger partial charge is 0.330 e. The fraction of sp³-hybridized carbons (Fsp3) is 0.600. The molecule has 1 fully saturated rings. The number of rotatable bonds is 4. The van der Waals surface area contributed by atoms with E-state index >= 15 is 0 Å². The lowest BCUT2D eigenvalue weighted by Crippen LogP contribution is -2.20. The van der Waals surface area contributed by atoms with Gasteiger partial charge in [0.1, 0.15) is 0 Å². The van der Waals surface area contributed by atoms with E-state index in [1.54, 1.807) is 0 Å². The molecule has 1 heteroatoms. The Balaban J connectivity index is 1.97. The van der Waals surface area contributed by atoms with Crippen molar-refractivity contribution in [1.82, 2.24) is 0 Å². The first-order chi connectivity index (χ1) is 7.83. The minimum absolute atomic E-state index is 0.769. The van der Waals surface area contributed by atoms with E-state index in [0.717, 1.165) is 24.8 Å². The average molecular weight is 217 g/mol. The fourth-order valence-electron chi connectivity index (χ4n) is 2.91. The van der Waals surface area contributed by atoms with Gasteiger partial charge in [0.05, 0.1) is 0 Å². The predicted octanol–water partition coefficient (Wildman–Crippen LogP) is 3.17. The molecule has 1 aromatic rings. The molecule has 0 amide bonds. The number of aryl methyl sites for hydroxylation is 1. The smallest absolute Gasteiger partial charge is 0.00461 e. The number of hydrogen-bond acceptors (Lipinski definition) is 1. The molecule has 2 rings (SSSR count). The van der Waals surface area contributed by atoms with Crippen LogP contribution in [0.5, 0.6) is 0 Å². The van der Waals surface area contributed by atoms with E-state index in [0.29, 0.717) is 0 Å². The molecular formula is C15H23N. The van der Waals surface area contributed by atoms with Crippen LogP contribution in [-0.2, 0) is 12.8 Å². The minimum atomic E-state index is 0.769. The molecule has 1 saturated carbocycles. The lowest BCUT2D eigenvalue weighted by molar-refractivity contribution is 0.394. The molecule has 1 aromatic carbocycles. The second-order valence-corrected chi connectivity index (χ2v) is 5.06. The van der Waals surface area contributed by atoms with Gasteiger partial charge in [0.15, 0.2) is 0 Å². The van der Waals surface area contributed by atoms with Crippen LogP contribution in [0, 0.1) is 11.8 Å². The van der Waals surface area contributed by atoms with Crippen LogP contribution in [0.1, 0.15) is 37.3 Å². The Hall–Kier alpha value is -0.820. The zero-order valence-corrected chi connectivity index (χ0v) is 10.3. The standard InChI is InChI=1S/C15H23N/c1-2-12-6-8-13(9-7-12)10-14-4-3-5-15(14)11-16/h6-9,14-15H,2-5,10-11,16H2,1H3. The summed E-state index contributed by atoms with van der Waals surface area (Å²) in [6.45, 7) is 3.08. The van der Waals surface area contributed by atoms with Gasteiger partial charge in [-0.2, -0.15) is 0 Å². The molecule has 2 N–H and O–H groups in total. The quantitative estimate of drug-likeness (QED) is 0.823. The first-order valence-electron chi connectivity index (χ1n) is 6.61. The molecule has 88 valence electrons. The van der Waals surface area contributed by atoms with Gasteiger partial charge in [-0.15, -0.1) is 0 Å². The molecule has 0 heterocycles. The Morgan fingerprint density at radius 1 is 1.06 bits per heavy atom. The van der Waals surface area contributed by atoms with Gasteiger partial charge in [0, 0.05) is 0 Å². The van der Waals surface area contributed by atoms with Crippen molar-refractivity contribution in [3.8, 4) is 0 Å². The molecular weight excluding hydrogens is 194 g/mol. The Labute approximate surface area is 99.0 Å². The molecule has 0 aromatic heterocycles. The van der Waals surface area contributed by atoms with E-state index < -0.39 is 0 Å². The van der Waals surface area contributed by atoms with Gasteiger partial charge in [-0.05, 0) is 55.2 Å². The lowest BCUT2D eigenvalue weighted by atomic mass is 9.89. The minimum Gasteiger partial charge on any atom is -0.330 e. The third-order valence-electron chi connectivity index (χ3n) is 4.05. The summed E-state index contributed by atoms with van der Waals surface area (Å²) < 4.78 is 0. The molecule has 0 aliphatic heterocycles. The van der Waals surface area contributed by atoms with Crippen molar-refractivity contribution >= 4 is 0 Å². The molecule has 0 bridgehead atoms. The zero-order chi connectivity index (χ0) is 11.4. The third kappa shape index (κ3) is 2.65. The molecule has 0 saturated heterocycles. The second-order valence-electron chi connectivity index (χ2n) is 5.06. The van der Waals surface area contributed by atoms with E-state index in [2.05, 4.69) is 31.2 Å². The van der Waals surface area contributed by atoms with E-state index in [9.17, 15) is 0 Å². The van der Waals surface area contributed by atoms with Gasteiger partial charge in [-0.1, -0.05) is 37.6 Å². The van der Waals surface area contributed by atoms with Crippen LogP contribution in [0.4, 0.5) is 0 Å². The van der Waals surface area contributed by atoms with Crippen molar-refractivity contribution in [2.75, 3.05) is 6.54 Å². The van der Waals surface area contributed by atoms with Crippen molar-refractivity contribution in [2.45, 2.75) is 39.0 Å². The topological polar surface area (TPSA) is 26.0 Å². The highest BCUT2D eigenvalue weighted by atomic mass is 14.6. The van der Waals surface area contributed by atoms with Crippen LogP contribution in [0.2, 0.25) is 0 Å². The van der Waals surface area contributed by atoms with Crippen LogP contribution in [0.3, 0.4) is 0 Å². The summed E-state index contributed by atoms with van der Waals surface area (Å²) in [5, 5.41) is 0. The maximum Gasteiger partial charge on any atom is -0.00461 e. The Morgan fingerprint density at radius 3 is 2.31 bits per heavy atom. The third-order valence-corrected chi connectivity index (χ3v) is 4.05. The van der Waals surface area contributed by atoms with Crippen LogP contribution < -0.4 is 5.73 Å². The van der Waals surface area contributed by atoms with E-state index in [4.69, 9.17) is 5.73 Å². The molecule has 2 atom stereocenters. The van der Waals surface area contributed by atoms with Gasteiger partial charge in [-0.3, -0.25) is 0 Å². The van der Waals surface area contributed by atoms with Crippen LogP contribution in [-0.4, -0.2) is 6.54 Å². The number of hydrogen-bond donors (Lipinski definition) is 1.